The predicted octanol–water partition coefficient (Wildman–Crippen LogP) is 4.12. The second kappa shape index (κ2) is 5.34. The molecule has 0 N–H and O–H groups in total. The summed E-state index contributed by atoms with van der Waals surface area (Å²) in [5.74, 6) is -1.56. The first-order valence-corrected chi connectivity index (χ1v) is 7.68. The predicted molar refractivity (Wildman–Crippen MR) is 85.7 cm³/mol. The fourth-order valence-electron chi connectivity index (χ4n) is 3.23. The molecule has 0 aliphatic carbocycles. The van der Waals surface area contributed by atoms with Crippen LogP contribution in [-0.4, -0.2) is 17.7 Å². The van der Waals surface area contributed by atoms with Crippen LogP contribution in [0.1, 0.15) is 22.8 Å². The number of hydrogen-bond donors (Lipinski definition) is 0. The van der Waals surface area contributed by atoms with Gasteiger partial charge in [-0.2, -0.15) is 18.3 Å². The molecule has 0 saturated carbocycles. The largest absolute Gasteiger partial charge is 0.466 e. The van der Waals surface area contributed by atoms with Crippen LogP contribution >= 0.6 is 0 Å². The summed E-state index contributed by atoms with van der Waals surface area (Å²) in [6.45, 7) is 1.68. The molecule has 2 unspecified atom stereocenters. The van der Waals surface area contributed by atoms with E-state index in [4.69, 9.17) is 4.74 Å². The maximum atomic E-state index is 13.3. The minimum absolute atomic E-state index is 0.0551. The maximum absolute atomic E-state index is 13.3. The Balaban J connectivity index is 1.83. The molecule has 0 aromatic heterocycles. The highest BCUT2D eigenvalue weighted by atomic mass is 19.4. The van der Waals surface area contributed by atoms with E-state index in [0.717, 1.165) is 6.07 Å². The van der Waals surface area contributed by atoms with Crippen LogP contribution in [0.3, 0.4) is 0 Å². The Morgan fingerprint density at radius 3 is 2.48 bits per heavy atom. The average molecular weight is 346 g/mol. The van der Waals surface area contributed by atoms with Crippen molar-refractivity contribution in [2.45, 2.75) is 19.3 Å². The summed E-state index contributed by atoms with van der Waals surface area (Å²) < 4.78 is 45.6. The first-order valence-electron chi connectivity index (χ1n) is 7.68. The number of nitrogens with zero attached hydrogens (tertiary/aromatic N) is 2. The van der Waals surface area contributed by atoms with E-state index in [9.17, 15) is 18.0 Å². The number of benzene rings is 2. The number of carbonyl (C=O) groups is 1. The van der Waals surface area contributed by atoms with Crippen molar-refractivity contribution in [3.8, 4) is 5.75 Å². The monoisotopic (exact) mass is 346 g/mol. The van der Waals surface area contributed by atoms with E-state index in [0.29, 0.717) is 11.4 Å². The third kappa shape index (κ3) is 2.38. The van der Waals surface area contributed by atoms with Crippen LogP contribution in [0.15, 0.2) is 53.6 Å². The Kier molecular flexibility index (Phi) is 3.35. The number of ether oxygens (including phenoxy) is 1. The second-order valence-electron chi connectivity index (χ2n) is 5.95. The summed E-state index contributed by atoms with van der Waals surface area (Å²) in [6.07, 6.45) is -5.53. The van der Waals surface area contributed by atoms with Gasteiger partial charge in [0.25, 0.3) is 0 Å². The molecule has 2 aliphatic heterocycles. The third-order valence-electron chi connectivity index (χ3n) is 4.37. The van der Waals surface area contributed by atoms with Crippen molar-refractivity contribution in [2.24, 2.45) is 11.0 Å². The fraction of sp³-hybridized carbons (Fsp3) is 0.222. The summed E-state index contributed by atoms with van der Waals surface area (Å²) in [4.78, 5) is 12.8. The Bertz CT molecular complexity index is 878. The van der Waals surface area contributed by atoms with Gasteiger partial charge in [-0.1, -0.05) is 24.3 Å². The van der Waals surface area contributed by atoms with E-state index >= 15 is 0 Å². The van der Waals surface area contributed by atoms with Gasteiger partial charge in [-0.3, -0.25) is 4.79 Å². The first kappa shape index (κ1) is 15.7. The van der Waals surface area contributed by atoms with Crippen molar-refractivity contribution in [1.29, 1.82) is 0 Å². The number of ketones is 1. The van der Waals surface area contributed by atoms with Gasteiger partial charge >= 0.3 is 6.18 Å². The van der Waals surface area contributed by atoms with Gasteiger partial charge in [0.1, 0.15) is 11.7 Å². The first-order chi connectivity index (χ1) is 11.9. The molecule has 4 rings (SSSR count). The molecule has 2 atom stereocenters. The lowest BCUT2D eigenvalue weighted by Crippen LogP contribution is -2.45. The van der Waals surface area contributed by atoms with Crippen LogP contribution in [0, 0.1) is 5.92 Å². The third-order valence-corrected chi connectivity index (χ3v) is 4.37. The number of hydrazone groups is 1. The number of rotatable bonds is 1. The zero-order valence-corrected chi connectivity index (χ0v) is 13.1. The molecular formula is C18H13F3N2O2. The van der Waals surface area contributed by atoms with E-state index in [-0.39, 0.29) is 5.56 Å². The van der Waals surface area contributed by atoms with Crippen molar-refractivity contribution >= 4 is 17.2 Å². The van der Waals surface area contributed by atoms with Gasteiger partial charge in [0.05, 0.1) is 22.5 Å². The Morgan fingerprint density at radius 1 is 1.08 bits per heavy atom. The number of anilines is 1. The Labute approximate surface area is 141 Å². The summed E-state index contributed by atoms with van der Waals surface area (Å²) >= 11 is 0. The van der Waals surface area contributed by atoms with Crippen LogP contribution in [0.2, 0.25) is 0 Å². The number of hydrogen-bond acceptors (Lipinski definition) is 4. The molecule has 0 spiro atoms. The topological polar surface area (TPSA) is 41.9 Å². The molecule has 2 heterocycles. The molecule has 2 aromatic carbocycles. The molecule has 128 valence electrons. The highest BCUT2D eigenvalue weighted by Crippen LogP contribution is 2.44. The zero-order chi connectivity index (χ0) is 17.8. The minimum atomic E-state index is -4.61. The SMILES string of the molecule is CC1=NN(c2ccccc2)C2Oc3c(cccc3C(F)(F)F)C(=O)C12. The molecule has 2 aliphatic rings. The van der Waals surface area contributed by atoms with Crippen LogP contribution in [0.4, 0.5) is 18.9 Å². The number of alkyl halides is 3. The van der Waals surface area contributed by atoms with Crippen molar-refractivity contribution in [1.82, 2.24) is 0 Å². The van der Waals surface area contributed by atoms with Gasteiger partial charge in [0.2, 0.25) is 6.23 Å². The number of fused-ring (bicyclic) bond motifs is 2. The number of halogens is 3. The molecule has 0 bridgehead atoms. The van der Waals surface area contributed by atoms with Gasteiger partial charge in [-0.25, -0.2) is 5.01 Å². The van der Waals surface area contributed by atoms with E-state index in [1.165, 1.54) is 17.1 Å². The molecule has 7 heteroatoms. The van der Waals surface area contributed by atoms with E-state index in [2.05, 4.69) is 5.10 Å². The number of Topliss-reactive ketones (excluding diaryl/α,β-unsaturated/α-hetero) is 1. The molecule has 2 aromatic rings. The van der Waals surface area contributed by atoms with Crippen LogP contribution < -0.4 is 9.75 Å². The van der Waals surface area contributed by atoms with Crippen LogP contribution in [-0.2, 0) is 6.18 Å². The van der Waals surface area contributed by atoms with Gasteiger partial charge < -0.3 is 4.74 Å². The van der Waals surface area contributed by atoms with Crippen molar-refractivity contribution in [2.75, 3.05) is 5.01 Å². The minimum Gasteiger partial charge on any atom is -0.466 e. The summed E-state index contributed by atoms with van der Waals surface area (Å²) in [7, 11) is 0. The summed E-state index contributed by atoms with van der Waals surface area (Å²) in [6, 6.07) is 12.4. The highest BCUT2D eigenvalue weighted by molar-refractivity contribution is 6.15. The lowest BCUT2D eigenvalue weighted by Gasteiger charge is -2.33. The standard InChI is InChI=1S/C18H13F3N2O2/c1-10-14-15(24)12-8-5-9-13(18(19,20)21)16(12)25-17(14)23(22-10)11-6-3-2-4-7-11/h2-9,14,17H,1H3. The summed E-state index contributed by atoms with van der Waals surface area (Å²) in [5.41, 5.74) is 0.159. The molecule has 0 amide bonds. The van der Waals surface area contributed by atoms with E-state index in [1.807, 2.05) is 6.07 Å². The molecule has 4 nitrogen and oxygen atoms in total. The smallest absolute Gasteiger partial charge is 0.419 e. The normalized spacial score (nSPS) is 22.2. The molecular weight excluding hydrogens is 333 g/mol. The fourth-order valence-corrected chi connectivity index (χ4v) is 3.23. The zero-order valence-electron chi connectivity index (χ0n) is 13.1. The Morgan fingerprint density at radius 2 is 1.80 bits per heavy atom. The average Bonchev–Trinajstić information content (AvgIpc) is 2.91. The van der Waals surface area contributed by atoms with Gasteiger partial charge in [-0.15, -0.1) is 0 Å². The van der Waals surface area contributed by atoms with Crippen molar-refractivity contribution in [3.05, 3.63) is 59.7 Å². The lowest BCUT2D eigenvalue weighted by molar-refractivity contribution is -0.139. The second-order valence-corrected chi connectivity index (χ2v) is 5.95. The summed E-state index contributed by atoms with van der Waals surface area (Å²) in [5, 5.41) is 5.82. The van der Waals surface area contributed by atoms with Gasteiger partial charge in [-0.05, 0) is 31.2 Å². The van der Waals surface area contributed by atoms with E-state index < -0.39 is 35.4 Å². The van der Waals surface area contributed by atoms with Gasteiger partial charge in [0, 0.05) is 0 Å². The van der Waals surface area contributed by atoms with Gasteiger partial charge in [0.15, 0.2) is 5.78 Å². The molecule has 0 fully saturated rings. The van der Waals surface area contributed by atoms with Crippen molar-refractivity contribution in [3.63, 3.8) is 0 Å². The number of para-hydroxylation sites is 2. The van der Waals surface area contributed by atoms with Crippen LogP contribution in [0.5, 0.6) is 5.75 Å². The quantitative estimate of drug-likeness (QED) is 0.780. The lowest BCUT2D eigenvalue weighted by atomic mass is 9.88. The Hall–Kier alpha value is -2.83. The number of carbonyl (C=O) groups excluding carboxylic acids is 1. The molecule has 0 radical (unpaired) electrons. The maximum Gasteiger partial charge on any atom is 0.419 e. The molecule has 0 saturated heterocycles. The molecule has 25 heavy (non-hydrogen) atoms. The van der Waals surface area contributed by atoms with Crippen molar-refractivity contribution < 1.29 is 22.7 Å². The van der Waals surface area contributed by atoms with E-state index in [1.54, 1.807) is 31.2 Å². The highest BCUT2D eigenvalue weighted by Gasteiger charge is 2.49. The van der Waals surface area contributed by atoms with Crippen LogP contribution in [0.25, 0.3) is 0 Å².